The predicted molar refractivity (Wildman–Crippen MR) is 103 cm³/mol. The van der Waals surface area contributed by atoms with Gasteiger partial charge in [-0.05, 0) is 0 Å². The molecule has 1 saturated heterocycles. The average Bonchev–Trinajstić information content (AvgIpc) is 3.13. The highest BCUT2D eigenvalue weighted by Gasteiger charge is 2.19. The van der Waals surface area contributed by atoms with Crippen LogP contribution in [0.3, 0.4) is 0 Å². The first-order chi connectivity index (χ1) is 12.8. The third-order valence-corrected chi connectivity index (χ3v) is 4.67. The molecule has 0 bridgehead atoms. The van der Waals surface area contributed by atoms with E-state index < -0.39 is 0 Å². The Bertz CT molecular complexity index is 817. The maximum Gasteiger partial charge on any atom is 0.236 e. The summed E-state index contributed by atoms with van der Waals surface area (Å²) in [5.41, 5.74) is 4.19. The zero-order valence-corrected chi connectivity index (χ0v) is 14.6. The van der Waals surface area contributed by atoms with Gasteiger partial charge in [-0.2, -0.15) is 0 Å². The molecule has 4 rings (SSSR count). The summed E-state index contributed by atoms with van der Waals surface area (Å²) in [7, 11) is 0. The molecular formula is C21H22N4O. The maximum absolute atomic E-state index is 12.0. The molecule has 3 aromatic rings. The zero-order chi connectivity index (χ0) is 17.8. The number of nitrogens with zero attached hydrogens (tertiary/aromatic N) is 2. The molecule has 2 heterocycles. The second-order valence-electron chi connectivity index (χ2n) is 6.45. The average molecular weight is 346 g/mol. The van der Waals surface area contributed by atoms with E-state index in [1.54, 1.807) is 0 Å². The molecule has 1 amide bonds. The van der Waals surface area contributed by atoms with Crippen LogP contribution in [-0.2, 0) is 11.2 Å². The van der Waals surface area contributed by atoms with E-state index in [1.807, 2.05) is 41.3 Å². The van der Waals surface area contributed by atoms with Crippen molar-refractivity contribution in [3.05, 3.63) is 66.5 Å². The number of aromatic nitrogens is 2. The number of carbonyl (C=O) groups excluding carboxylic acids is 1. The van der Waals surface area contributed by atoms with Crippen LogP contribution in [-0.4, -0.2) is 47.0 Å². The molecule has 2 N–H and O–H groups in total. The standard InChI is InChI=1S/C21H22N4O/c26-19-15-22-12-14-25(19)13-11-18-23-20(16-7-3-1-4-8-16)21(24-18)17-9-5-2-6-10-17/h1-10,22H,11-15H2,(H,23,24). The summed E-state index contributed by atoms with van der Waals surface area (Å²) in [5.74, 6) is 1.07. The highest BCUT2D eigenvalue weighted by Crippen LogP contribution is 2.30. The van der Waals surface area contributed by atoms with Crippen molar-refractivity contribution in [2.45, 2.75) is 6.42 Å². The number of piperazine rings is 1. The lowest BCUT2D eigenvalue weighted by atomic mass is 10.1. The molecule has 0 unspecified atom stereocenters. The first kappa shape index (κ1) is 16.5. The number of hydrogen-bond donors (Lipinski definition) is 2. The van der Waals surface area contributed by atoms with Crippen LogP contribution in [0, 0.1) is 0 Å². The highest BCUT2D eigenvalue weighted by atomic mass is 16.2. The van der Waals surface area contributed by atoms with Crippen molar-refractivity contribution in [1.29, 1.82) is 0 Å². The Kier molecular flexibility index (Phi) is 4.80. The van der Waals surface area contributed by atoms with Gasteiger partial charge >= 0.3 is 0 Å². The van der Waals surface area contributed by atoms with Crippen LogP contribution in [0.15, 0.2) is 60.7 Å². The molecule has 2 aromatic carbocycles. The van der Waals surface area contributed by atoms with Crippen molar-refractivity contribution in [3.8, 4) is 22.5 Å². The molecule has 5 heteroatoms. The molecule has 0 saturated carbocycles. The summed E-state index contributed by atoms with van der Waals surface area (Å²) in [6.07, 6.45) is 0.721. The van der Waals surface area contributed by atoms with E-state index >= 15 is 0 Å². The summed E-state index contributed by atoms with van der Waals surface area (Å²) >= 11 is 0. The van der Waals surface area contributed by atoms with Gasteiger partial charge in [0.15, 0.2) is 0 Å². The summed E-state index contributed by atoms with van der Waals surface area (Å²) in [4.78, 5) is 22.2. The Morgan fingerprint density at radius 3 is 2.35 bits per heavy atom. The van der Waals surface area contributed by atoms with Gasteiger partial charge in [-0.3, -0.25) is 4.79 Å². The Morgan fingerprint density at radius 1 is 0.962 bits per heavy atom. The third kappa shape index (κ3) is 3.53. The van der Waals surface area contributed by atoms with Gasteiger partial charge in [0.05, 0.1) is 17.9 Å². The summed E-state index contributed by atoms with van der Waals surface area (Å²) in [6, 6.07) is 20.5. The lowest BCUT2D eigenvalue weighted by Gasteiger charge is -2.26. The van der Waals surface area contributed by atoms with Gasteiger partial charge in [0.1, 0.15) is 5.82 Å². The Balaban J connectivity index is 1.62. The topological polar surface area (TPSA) is 61.0 Å². The number of H-pyrrole nitrogens is 1. The number of rotatable bonds is 5. The smallest absolute Gasteiger partial charge is 0.236 e. The summed E-state index contributed by atoms with van der Waals surface area (Å²) in [5, 5.41) is 3.10. The number of aromatic amines is 1. The monoisotopic (exact) mass is 346 g/mol. The molecular weight excluding hydrogens is 324 g/mol. The zero-order valence-electron chi connectivity index (χ0n) is 14.6. The molecule has 0 spiro atoms. The van der Waals surface area contributed by atoms with Crippen molar-refractivity contribution in [2.75, 3.05) is 26.2 Å². The van der Waals surface area contributed by atoms with Crippen molar-refractivity contribution < 1.29 is 4.79 Å². The van der Waals surface area contributed by atoms with E-state index in [4.69, 9.17) is 4.98 Å². The molecule has 1 aliphatic rings. The van der Waals surface area contributed by atoms with E-state index in [0.29, 0.717) is 13.1 Å². The van der Waals surface area contributed by atoms with Crippen LogP contribution in [0.1, 0.15) is 5.82 Å². The van der Waals surface area contributed by atoms with Crippen molar-refractivity contribution in [2.24, 2.45) is 0 Å². The normalized spacial score (nSPS) is 14.6. The van der Waals surface area contributed by atoms with Gasteiger partial charge in [0.2, 0.25) is 5.91 Å². The number of nitrogens with one attached hydrogen (secondary N) is 2. The SMILES string of the molecule is O=C1CNCCN1CCc1nc(-c2ccccc2)c(-c2ccccc2)[nH]1. The second kappa shape index (κ2) is 7.54. The minimum absolute atomic E-state index is 0.161. The van der Waals surface area contributed by atoms with Crippen LogP contribution in [0.25, 0.3) is 22.5 Å². The van der Waals surface area contributed by atoms with Crippen LogP contribution in [0.2, 0.25) is 0 Å². The fourth-order valence-electron chi connectivity index (χ4n) is 3.28. The molecule has 5 nitrogen and oxygen atoms in total. The van der Waals surface area contributed by atoms with Crippen LogP contribution >= 0.6 is 0 Å². The summed E-state index contributed by atoms with van der Waals surface area (Å²) in [6.45, 7) is 2.74. The minimum atomic E-state index is 0.161. The molecule has 26 heavy (non-hydrogen) atoms. The van der Waals surface area contributed by atoms with Crippen molar-refractivity contribution in [3.63, 3.8) is 0 Å². The van der Waals surface area contributed by atoms with Gasteiger partial charge < -0.3 is 15.2 Å². The van der Waals surface area contributed by atoms with E-state index in [2.05, 4.69) is 34.6 Å². The van der Waals surface area contributed by atoms with Gasteiger partial charge in [-0.15, -0.1) is 0 Å². The quantitative estimate of drug-likeness (QED) is 0.747. The van der Waals surface area contributed by atoms with E-state index in [1.165, 1.54) is 0 Å². The van der Waals surface area contributed by atoms with E-state index in [0.717, 1.165) is 47.8 Å². The minimum Gasteiger partial charge on any atom is -0.341 e. The second-order valence-corrected chi connectivity index (χ2v) is 6.45. The fourth-order valence-corrected chi connectivity index (χ4v) is 3.28. The molecule has 0 atom stereocenters. The molecule has 0 aliphatic carbocycles. The molecule has 0 radical (unpaired) electrons. The van der Waals surface area contributed by atoms with Gasteiger partial charge in [0.25, 0.3) is 0 Å². The van der Waals surface area contributed by atoms with Crippen LogP contribution < -0.4 is 5.32 Å². The maximum atomic E-state index is 12.0. The first-order valence-corrected chi connectivity index (χ1v) is 8.99. The number of hydrogen-bond acceptors (Lipinski definition) is 3. The third-order valence-electron chi connectivity index (χ3n) is 4.67. The first-order valence-electron chi connectivity index (χ1n) is 8.99. The highest BCUT2D eigenvalue weighted by molar-refractivity contribution is 5.79. The Morgan fingerprint density at radius 2 is 1.65 bits per heavy atom. The van der Waals surface area contributed by atoms with Crippen molar-refractivity contribution >= 4 is 5.91 Å². The van der Waals surface area contributed by atoms with E-state index in [-0.39, 0.29) is 5.91 Å². The van der Waals surface area contributed by atoms with Crippen LogP contribution in [0.5, 0.6) is 0 Å². The number of benzene rings is 2. The van der Waals surface area contributed by atoms with Gasteiger partial charge in [-0.25, -0.2) is 4.98 Å². The van der Waals surface area contributed by atoms with Gasteiger partial charge in [-0.1, -0.05) is 60.7 Å². The molecule has 132 valence electrons. The van der Waals surface area contributed by atoms with Crippen LogP contribution in [0.4, 0.5) is 0 Å². The largest absolute Gasteiger partial charge is 0.341 e. The summed E-state index contributed by atoms with van der Waals surface area (Å²) < 4.78 is 0. The lowest BCUT2D eigenvalue weighted by Crippen LogP contribution is -2.48. The molecule has 1 aliphatic heterocycles. The predicted octanol–water partition coefficient (Wildman–Crippen LogP) is 2.72. The number of imidazole rings is 1. The molecule has 1 fully saturated rings. The Labute approximate surface area is 153 Å². The number of carbonyl (C=O) groups is 1. The fraction of sp³-hybridized carbons (Fsp3) is 0.238. The Hall–Kier alpha value is -2.92. The number of amides is 1. The van der Waals surface area contributed by atoms with E-state index in [9.17, 15) is 4.79 Å². The van der Waals surface area contributed by atoms with Crippen molar-refractivity contribution in [1.82, 2.24) is 20.2 Å². The molecule has 1 aromatic heterocycles. The lowest BCUT2D eigenvalue weighted by molar-refractivity contribution is -0.131. The van der Waals surface area contributed by atoms with Gasteiger partial charge in [0, 0.05) is 37.2 Å².